The van der Waals surface area contributed by atoms with Crippen molar-refractivity contribution < 1.29 is 24.0 Å². The van der Waals surface area contributed by atoms with E-state index in [1.54, 1.807) is 24.3 Å². The van der Waals surface area contributed by atoms with Gasteiger partial charge in [0.2, 0.25) is 11.0 Å². The maximum absolute atomic E-state index is 12.5. The molecule has 32 heavy (non-hydrogen) atoms. The normalized spacial score (nSPS) is 10.3. The standard InChI is InChI=1S/C19H17N5O6S2/c1-29-13-6-7-14(15(9-13)30-2)17(26)21-18-22-23-19(32-18)31-10-16(25)20-11-4-3-5-12(8-11)24(27)28/h3-9H,10H2,1-2H3,(H,20,25)(H,21,22,26). The molecule has 0 saturated carbocycles. The van der Waals surface area contributed by atoms with Crippen molar-refractivity contribution in [1.82, 2.24) is 10.2 Å². The van der Waals surface area contributed by atoms with Gasteiger partial charge in [-0.25, -0.2) is 0 Å². The number of rotatable bonds is 9. The number of aromatic nitrogens is 2. The van der Waals surface area contributed by atoms with Gasteiger partial charge in [-0.3, -0.25) is 25.0 Å². The van der Waals surface area contributed by atoms with E-state index in [9.17, 15) is 19.7 Å². The van der Waals surface area contributed by atoms with Gasteiger partial charge in [0, 0.05) is 23.9 Å². The number of anilines is 2. The molecule has 0 saturated heterocycles. The monoisotopic (exact) mass is 475 g/mol. The van der Waals surface area contributed by atoms with Crippen LogP contribution in [0.25, 0.3) is 0 Å². The quantitative estimate of drug-likeness (QED) is 0.206. The van der Waals surface area contributed by atoms with Crippen LogP contribution in [0, 0.1) is 10.1 Å². The third kappa shape index (κ3) is 5.92. The number of benzene rings is 2. The number of nitro groups is 1. The summed E-state index contributed by atoms with van der Waals surface area (Å²) in [4.78, 5) is 34.9. The van der Waals surface area contributed by atoms with E-state index < -0.39 is 10.8 Å². The van der Waals surface area contributed by atoms with Crippen LogP contribution in [0.3, 0.4) is 0 Å². The molecule has 0 aliphatic heterocycles. The second-order valence-corrected chi connectivity index (χ2v) is 8.24. The molecular weight excluding hydrogens is 458 g/mol. The first-order valence-electron chi connectivity index (χ1n) is 8.93. The van der Waals surface area contributed by atoms with Gasteiger partial charge in [0.05, 0.1) is 30.5 Å². The summed E-state index contributed by atoms with van der Waals surface area (Å²) in [7, 11) is 2.96. The fraction of sp³-hybridized carbons (Fsp3) is 0.158. The molecule has 0 radical (unpaired) electrons. The highest BCUT2D eigenvalue weighted by atomic mass is 32.2. The number of amides is 2. The summed E-state index contributed by atoms with van der Waals surface area (Å²) < 4.78 is 10.8. The first kappa shape index (κ1) is 23.0. The van der Waals surface area contributed by atoms with Gasteiger partial charge in [-0.15, -0.1) is 10.2 Å². The minimum Gasteiger partial charge on any atom is -0.497 e. The van der Waals surface area contributed by atoms with Crippen LogP contribution in [-0.4, -0.2) is 46.9 Å². The molecule has 166 valence electrons. The lowest BCUT2D eigenvalue weighted by Gasteiger charge is -2.09. The van der Waals surface area contributed by atoms with Crippen LogP contribution in [0.4, 0.5) is 16.5 Å². The molecule has 0 fully saturated rings. The van der Waals surface area contributed by atoms with Crippen molar-refractivity contribution >= 4 is 51.4 Å². The number of nitrogens with zero attached hydrogens (tertiary/aromatic N) is 3. The van der Waals surface area contributed by atoms with Crippen molar-refractivity contribution in [1.29, 1.82) is 0 Å². The lowest BCUT2D eigenvalue weighted by molar-refractivity contribution is -0.384. The Hall–Kier alpha value is -3.71. The maximum atomic E-state index is 12.5. The van der Waals surface area contributed by atoms with Gasteiger partial charge in [0.1, 0.15) is 11.5 Å². The lowest BCUT2D eigenvalue weighted by Crippen LogP contribution is -2.14. The summed E-state index contributed by atoms with van der Waals surface area (Å²) in [6, 6.07) is 10.5. The minimum atomic E-state index is -0.539. The number of nitrogens with one attached hydrogen (secondary N) is 2. The summed E-state index contributed by atoms with van der Waals surface area (Å²) in [6.07, 6.45) is 0. The maximum Gasteiger partial charge on any atom is 0.271 e. The van der Waals surface area contributed by atoms with E-state index in [1.807, 2.05) is 0 Å². The van der Waals surface area contributed by atoms with E-state index in [2.05, 4.69) is 20.8 Å². The van der Waals surface area contributed by atoms with Crippen molar-refractivity contribution in [3.63, 3.8) is 0 Å². The van der Waals surface area contributed by atoms with Gasteiger partial charge in [-0.05, 0) is 18.2 Å². The summed E-state index contributed by atoms with van der Waals surface area (Å²) in [6.45, 7) is 0. The van der Waals surface area contributed by atoms with Crippen LogP contribution < -0.4 is 20.1 Å². The van der Waals surface area contributed by atoms with E-state index in [4.69, 9.17) is 9.47 Å². The molecule has 0 aliphatic carbocycles. The Labute approximate surface area is 190 Å². The average Bonchev–Trinajstić information content (AvgIpc) is 3.24. The molecule has 3 rings (SSSR count). The minimum absolute atomic E-state index is 0.0115. The SMILES string of the molecule is COc1ccc(C(=O)Nc2nnc(SCC(=O)Nc3cccc([N+](=O)[O-])c3)s2)c(OC)c1. The zero-order valence-electron chi connectivity index (χ0n) is 16.9. The van der Waals surface area contributed by atoms with Gasteiger partial charge in [0.15, 0.2) is 4.34 Å². The van der Waals surface area contributed by atoms with E-state index in [1.165, 1.54) is 32.4 Å². The highest BCUT2D eigenvalue weighted by Crippen LogP contribution is 2.28. The molecule has 0 spiro atoms. The van der Waals surface area contributed by atoms with Crippen LogP contribution in [0.2, 0.25) is 0 Å². The summed E-state index contributed by atoms with van der Waals surface area (Å²) in [5.74, 6) is 0.118. The zero-order chi connectivity index (χ0) is 23.1. The fourth-order valence-electron chi connectivity index (χ4n) is 2.49. The number of carbonyl (C=O) groups is 2. The number of nitro benzene ring substituents is 1. The number of non-ortho nitro benzene ring substituents is 1. The number of hydrogen-bond donors (Lipinski definition) is 2. The van der Waals surface area contributed by atoms with E-state index in [-0.39, 0.29) is 22.5 Å². The largest absolute Gasteiger partial charge is 0.497 e. The number of hydrogen-bond acceptors (Lipinski definition) is 10. The Bertz CT molecular complexity index is 1150. The first-order chi connectivity index (χ1) is 15.4. The number of carbonyl (C=O) groups excluding carboxylic acids is 2. The van der Waals surface area contributed by atoms with Crippen LogP contribution in [0.5, 0.6) is 11.5 Å². The number of ether oxygens (including phenoxy) is 2. The molecule has 0 atom stereocenters. The van der Waals surface area contributed by atoms with Crippen molar-refractivity contribution in [3.8, 4) is 11.5 Å². The highest BCUT2D eigenvalue weighted by molar-refractivity contribution is 8.01. The Kier molecular flexibility index (Phi) is 7.57. The summed E-state index contributed by atoms with van der Waals surface area (Å²) in [5, 5.41) is 24.2. The molecule has 0 aliphatic rings. The average molecular weight is 476 g/mol. The van der Waals surface area contributed by atoms with Crippen molar-refractivity contribution in [3.05, 3.63) is 58.1 Å². The third-order valence-electron chi connectivity index (χ3n) is 3.95. The van der Waals surface area contributed by atoms with Crippen molar-refractivity contribution in [2.24, 2.45) is 0 Å². The lowest BCUT2D eigenvalue weighted by atomic mass is 10.2. The van der Waals surface area contributed by atoms with Crippen LogP contribution >= 0.6 is 23.1 Å². The topological polar surface area (TPSA) is 146 Å². The van der Waals surface area contributed by atoms with E-state index in [0.717, 1.165) is 23.1 Å². The van der Waals surface area contributed by atoms with Crippen molar-refractivity contribution in [2.45, 2.75) is 4.34 Å². The third-order valence-corrected chi connectivity index (χ3v) is 5.92. The molecule has 0 unspecified atom stereocenters. The second-order valence-electron chi connectivity index (χ2n) is 6.04. The van der Waals surface area contributed by atoms with E-state index >= 15 is 0 Å². The molecule has 2 amide bonds. The molecule has 2 aromatic carbocycles. The van der Waals surface area contributed by atoms with Crippen LogP contribution in [0.15, 0.2) is 46.8 Å². The molecule has 1 aromatic heterocycles. The van der Waals surface area contributed by atoms with Crippen molar-refractivity contribution in [2.75, 3.05) is 30.6 Å². The van der Waals surface area contributed by atoms with Gasteiger partial charge >= 0.3 is 0 Å². The Balaban J connectivity index is 1.56. The molecule has 13 heteroatoms. The van der Waals surface area contributed by atoms with Gasteiger partial charge < -0.3 is 14.8 Å². The highest BCUT2D eigenvalue weighted by Gasteiger charge is 2.16. The molecule has 11 nitrogen and oxygen atoms in total. The predicted octanol–water partition coefficient (Wildman–Crippen LogP) is 3.45. The smallest absolute Gasteiger partial charge is 0.271 e. The predicted molar refractivity (Wildman–Crippen MR) is 120 cm³/mol. The molecule has 0 bridgehead atoms. The summed E-state index contributed by atoms with van der Waals surface area (Å²) in [5.41, 5.74) is 0.506. The molecule has 3 aromatic rings. The van der Waals surface area contributed by atoms with Gasteiger partial charge in [0.25, 0.3) is 11.6 Å². The number of thioether (sulfide) groups is 1. The Morgan fingerprint density at radius 3 is 2.66 bits per heavy atom. The molecular formula is C19H17N5O6S2. The first-order valence-corrected chi connectivity index (χ1v) is 10.7. The molecule has 1 heterocycles. The second kappa shape index (κ2) is 10.5. The molecule has 2 N–H and O–H groups in total. The van der Waals surface area contributed by atoms with Gasteiger partial charge in [-0.1, -0.05) is 29.2 Å². The fourth-order valence-corrected chi connectivity index (χ4v) is 4.04. The number of methoxy groups -OCH3 is 2. The van der Waals surface area contributed by atoms with E-state index in [0.29, 0.717) is 27.1 Å². The van der Waals surface area contributed by atoms with Crippen LogP contribution in [0.1, 0.15) is 10.4 Å². The Morgan fingerprint density at radius 2 is 1.94 bits per heavy atom. The van der Waals surface area contributed by atoms with Crippen LogP contribution in [-0.2, 0) is 4.79 Å². The van der Waals surface area contributed by atoms with Gasteiger partial charge in [-0.2, -0.15) is 0 Å². The zero-order valence-corrected chi connectivity index (χ0v) is 18.5. The Morgan fingerprint density at radius 1 is 1.12 bits per heavy atom. The summed E-state index contributed by atoms with van der Waals surface area (Å²) >= 11 is 2.23.